The summed E-state index contributed by atoms with van der Waals surface area (Å²) in [5.41, 5.74) is 0. The average molecular weight is 280 g/mol. The van der Waals surface area contributed by atoms with Crippen molar-refractivity contribution < 1.29 is 9.30 Å². The Kier molecular flexibility index (Phi) is 7.12. The van der Waals surface area contributed by atoms with Crippen molar-refractivity contribution in [1.82, 2.24) is 9.57 Å². The molecule has 1 rings (SSSR count). The molecule has 102 valence electrons. The normalized spacial score (nSPS) is 21.6. The van der Waals surface area contributed by atoms with E-state index in [2.05, 4.69) is 23.4 Å². The van der Waals surface area contributed by atoms with Gasteiger partial charge in [0.2, 0.25) is 6.49 Å². The molecular formula is C11H25N2O2PS. The van der Waals surface area contributed by atoms with E-state index in [1.165, 1.54) is 0 Å². The van der Waals surface area contributed by atoms with Crippen LogP contribution in [0.3, 0.4) is 0 Å². The lowest BCUT2D eigenvalue weighted by Gasteiger charge is -2.32. The number of ether oxygens (including phenoxy) is 1. The molecule has 1 fully saturated rings. The van der Waals surface area contributed by atoms with E-state index >= 15 is 0 Å². The zero-order chi connectivity index (χ0) is 12.7. The molecule has 0 bridgehead atoms. The van der Waals surface area contributed by atoms with Gasteiger partial charge in [-0.25, -0.2) is 4.67 Å². The van der Waals surface area contributed by atoms with Gasteiger partial charge >= 0.3 is 0 Å². The van der Waals surface area contributed by atoms with Crippen molar-refractivity contribution in [2.24, 2.45) is 0 Å². The first-order valence-electron chi connectivity index (χ1n) is 6.37. The first-order valence-corrected chi connectivity index (χ1v) is 10.1. The quantitative estimate of drug-likeness (QED) is 0.668. The van der Waals surface area contributed by atoms with Crippen molar-refractivity contribution in [3.8, 4) is 0 Å². The minimum absolute atomic E-state index is 0.717. The molecule has 1 unspecified atom stereocenters. The van der Waals surface area contributed by atoms with Crippen LogP contribution in [0.5, 0.6) is 0 Å². The van der Waals surface area contributed by atoms with Gasteiger partial charge in [-0.15, -0.1) is 0 Å². The van der Waals surface area contributed by atoms with Gasteiger partial charge in [0.1, 0.15) is 0 Å². The standard InChI is InChI=1S/C11H25N2O2PS/c1-4-12(5-2)8-11-17-16(3,14)13-6-9-15-10-7-13/h4-11H2,1-3H3. The van der Waals surface area contributed by atoms with Crippen molar-refractivity contribution in [2.75, 3.05) is 58.4 Å². The third kappa shape index (κ3) is 5.31. The topological polar surface area (TPSA) is 32.8 Å². The summed E-state index contributed by atoms with van der Waals surface area (Å²) in [6.07, 6.45) is 0. The summed E-state index contributed by atoms with van der Waals surface area (Å²) in [6, 6.07) is 0. The molecule has 6 heteroatoms. The minimum Gasteiger partial charge on any atom is -0.379 e. The molecule has 0 aromatic carbocycles. The Bertz CT molecular complexity index is 256. The molecule has 0 spiro atoms. The van der Waals surface area contributed by atoms with E-state index in [0.717, 1.165) is 38.5 Å². The van der Waals surface area contributed by atoms with Crippen LogP contribution in [0.25, 0.3) is 0 Å². The zero-order valence-corrected chi connectivity index (χ0v) is 12.9. The Balaban J connectivity index is 2.30. The van der Waals surface area contributed by atoms with Gasteiger partial charge in [-0.3, -0.25) is 4.57 Å². The molecule has 1 aliphatic heterocycles. The van der Waals surface area contributed by atoms with Crippen molar-refractivity contribution in [3.05, 3.63) is 0 Å². The summed E-state index contributed by atoms with van der Waals surface area (Å²) in [7, 11) is 0. The molecule has 1 saturated heterocycles. The molecule has 0 saturated carbocycles. The summed E-state index contributed by atoms with van der Waals surface area (Å²) in [5.74, 6) is 0.951. The van der Waals surface area contributed by atoms with E-state index < -0.39 is 6.49 Å². The second-order valence-corrected chi connectivity index (χ2v) is 9.87. The molecule has 1 aliphatic rings. The van der Waals surface area contributed by atoms with E-state index in [0.29, 0.717) is 13.2 Å². The van der Waals surface area contributed by atoms with Gasteiger partial charge in [0.15, 0.2) is 0 Å². The minimum atomic E-state index is -2.20. The van der Waals surface area contributed by atoms with Crippen LogP contribution in [0.1, 0.15) is 13.8 Å². The highest BCUT2D eigenvalue weighted by molar-refractivity contribution is 8.57. The van der Waals surface area contributed by atoms with Crippen molar-refractivity contribution in [3.63, 3.8) is 0 Å². The largest absolute Gasteiger partial charge is 0.379 e. The molecular weight excluding hydrogens is 255 g/mol. The van der Waals surface area contributed by atoms with Gasteiger partial charge in [-0.2, -0.15) is 0 Å². The van der Waals surface area contributed by atoms with Gasteiger partial charge in [0, 0.05) is 32.1 Å². The fourth-order valence-electron chi connectivity index (χ4n) is 1.88. The maximum atomic E-state index is 12.5. The lowest BCUT2D eigenvalue weighted by atomic mass is 10.5. The number of morpholine rings is 1. The number of rotatable bonds is 7. The van der Waals surface area contributed by atoms with Crippen LogP contribution in [0.2, 0.25) is 0 Å². The predicted octanol–water partition coefficient (Wildman–Crippen LogP) is 2.22. The zero-order valence-electron chi connectivity index (χ0n) is 11.2. The monoisotopic (exact) mass is 280 g/mol. The Hall–Kier alpha value is 0.460. The maximum absolute atomic E-state index is 12.5. The second kappa shape index (κ2) is 7.80. The van der Waals surface area contributed by atoms with Gasteiger partial charge in [0.25, 0.3) is 0 Å². The lowest BCUT2D eigenvalue weighted by molar-refractivity contribution is 0.0734. The molecule has 0 radical (unpaired) electrons. The summed E-state index contributed by atoms with van der Waals surface area (Å²) in [5, 5.41) is 0. The van der Waals surface area contributed by atoms with E-state index in [9.17, 15) is 4.57 Å². The van der Waals surface area contributed by atoms with Crippen LogP contribution >= 0.6 is 17.9 Å². The molecule has 4 nitrogen and oxygen atoms in total. The van der Waals surface area contributed by atoms with Crippen molar-refractivity contribution in [2.45, 2.75) is 13.8 Å². The molecule has 0 N–H and O–H groups in total. The highest BCUT2D eigenvalue weighted by Gasteiger charge is 2.27. The third-order valence-electron chi connectivity index (χ3n) is 3.13. The fraction of sp³-hybridized carbons (Fsp3) is 1.00. The third-order valence-corrected chi connectivity index (χ3v) is 8.08. The SMILES string of the molecule is CCN(CC)CCSP(C)(=O)N1CCOCC1. The molecule has 0 aromatic rings. The van der Waals surface area contributed by atoms with E-state index in [4.69, 9.17) is 4.74 Å². The highest BCUT2D eigenvalue weighted by atomic mass is 32.7. The van der Waals surface area contributed by atoms with Crippen LogP contribution in [0, 0.1) is 0 Å². The van der Waals surface area contributed by atoms with Crippen LogP contribution in [0.15, 0.2) is 0 Å². The first kappa shape index (κ1) is 15.5. The van der Waals surface area contributed by atoms with Crippen molar-refractivity contribution in [1.29, 1.82) is 0 Å². The van der Waals surface area contributed by atoms with Crippen molar-refractivity contribution >= 4 is 17.9 Å². The Labute approximate surface area is 109 Å². The van der Waals surface area contributed by atoms with Crippen LogP contribution in [-0.2, 0) is 9.30 Å². The highest BCUT2D eigenvalue weighted by Crippen LogP contribution is 2.58. The lowest BCUT2D eigenvalue weighted by Crippen LogP contribution is -2.33. The number of hydrogen-bond acceptors (Lipinski definition) is 4. The van der Waals surface area contributed by atoms with Crippen LogP contribution < -0.4 is 0 Å². The van der Waals surface area contributed by atoms with E-state index in [1.54, 1.807) is 11.4 Å². The molecule has 1 atom stereocenters. The molecule has 0 amide bonds. The Morgan fingerprint density at radius 3 is 2.41 bits per heavy atom. The predicted molar refractivity (Wildman–Crippen MR) is 76.2 cm³/mol. The average Bonchev–Trinajstić information content (AvgIpc) is 2.36. The number of nitrogens with zero attached hydrogens (tertiary/aromatic N) is 2. The maximum Gasteiger partial charge on any atom is 0.200 e. The molecule has 1 heterocycles. The summed E-state index contributed by atoms with van der Waals surface area (Å²) in [6.45, 7) is 10.3. The Morgan fingerprint density at radius 1 is 1.29 bits per heavy atom. The molecule has 0 aromatic heterocycles. The van der Waals surface area contributed by atoms with Gasteiger partial charge in [-0.1, -0.05) is 25.2 Å². The van der Waals surface area contributed by atoms with Gasteiger partial charge in [0.05, 0.1) is 13.2 Å². The summed E-state index contributed by atoms with van der Waals surface area (Å²) >= 11 is 1.63. The van der Waals surface area contributed by atoms with Crippen LogP contribution in [0.4, 0.5) is 0 Å². The van der Waals surface area contributed by atoms with Gasteiger partial charge in [-0.05, 0) is 13.1 Å². The Morgan fingerprint density at radius 2 is 1.88 bits per heavy atom. The van der Waals surface area contributed by atoms with Gasteiger partial charge < -0.3 is 9.64 Å². The molecule has 0 aliphatic carbocycles. The van der Waals surface area contributed by atoms with E-state index in [1.807, 2.05) is 6.66 Å². The summed E-state index contributed by atoms with van der Waals surface area (Å²) < 4.78 is 19.9. The first-order chi connectivity index (χ1) is 8.10. The number of hydrogen-bond donors (Lipinski definition) is 0. The summed E-state index contributed by atoms with van der Waals surface area (Å²) in [4.78, 5) is 2.37. The second-order valence-electron chi connectivity index (χ2n) is 4.23. The van der Waals surface area contributed by atoms with Crippen LogP contribution in [-0.4, -0.2) is 67.9 Å². The smallest absolute Gasteiger partial charge is 0.200 e. The molecule has 17 heavy (non-hydrogen) atoms. The fourth-order valence-corrected chi connectivity index (χ4v) is 5.85. The van der Waals surface area contributed by atoms with E-state index in [-0.39, 0.29) is 0 Å².